The van der Waals surface area contributed by atoms with E-state index in [1.54, 1.807) is 6.07 Å². The van der Waals surface area contributed by atoms with Crippen LogP contribution < -0.4 is 11.1 Å². The summed E-state index contributed by atoms with van der Waals surface area (Å²) in [5.41, 5.74) is 8.85. The van der Waals surface area contributed by atoms with Gasteiger partial charge in [0.2, 0.25) is 5.91 Å². The van der Waals surface area contributed by atoms with E-state index in [2.05, 4.69) is 26.1 Å². The summed E-state index contributed by atoms with van der Waals surface area (Å²) < 4.78 is 0. The van der Waals surface area contributed by atoms with Gasteiger partial charge in [0.25, 0.3) is 0 Å². The molecule has 1 aromatic carbocycles. The number of benzene rings is 1. The highest BCUT2D eigenvalue weighted by Crippen LogP contribution is 2.38. The van der Waals surface area contributed by atoms with Gasteiger partial charge in [0.1, 0.15) is 0 Å². The number of anilines is 1. The lowest BCUT2D eigenvalue weighted by atomic mass is 9.82. The van der Waals surface area contributed by atoms with E-state index in [0.29, 0.717) is 11.4 Å². The fourth-order valence-electron chi connectivity index (χ4n) is 1.97. The molecule has 92 valence electrons. The Balaban J connectivity index is 2.44. The number of carbonyl (C=O) groups excluding carboxylic acids is 1. The van der Waals surface area contributed by atoms with Crippen molar-refractivity contribution in [3.8, 4) is 0 Å². The second kappa shape index (κ2) is 4.00. The highest BCUT2D eigenvalue weighted by molar-refractivity contribution is 6.32. The Morgan fingerprint density at radius 2 is 2.06 bits per heavy atom. The molecule has 2 rings (SSSR count). The van der Waals surface area contributed by atoms with Crippen molar-refractivity contribution in [3.05, 3.63) is 28.3 Å². The summed E-state index contributed by atoms with van der Waals surface area (Å²) in [7, 11) is 0. The average Bonchev–Trinajstić information content (AvgIpc) is 2.53. The SMILES string of the molecule is CC(C)(C)C(N)c1cc2c(cc1Cl)NC(=O)C2. The fraction of sp³-hybridized carbons (Fsp3) is 0.462. The minimum absolute atomic E-state index is 0.0116. The van der Waals surface area contributed by atoms with Gasteiger partial charge in [-0.3, -0.25) is 4.79 Å². The van der Waals surface area contributed by atoms with E-state index in [4.69, 9.17) is 17.3 Å². The Morgan fingerprint density at radius 1 is 1.41 bits per heavy atom. The van der Waals surface area contributed by atoms with E-state index in [1.807, 2.05) is 6.07 Å². The van der Waals surface area contributed by atoms with Crippen LogP contribution in [-0.2, 0) is 11.2 Å². The van der Waals surface area contributed by atoms with E-state index in [1.165, 1.54) is 0 Å². The molecule has 1 aromatic rings. The maximum absolute atomic E-state index is 11.3. The van der Waals surface area contributed by atoms with E-state index in [-0.39, 0.29) is 17.4 Å². The first-order valence-electron chi connectivity index (χ1n) is 5.67. The van der Waals surface area contributed by atoms with Gasteiger partial charge < -0.3 is 11.1 Å². The van der Waals surface area contributed by atoms with Crippen LogP contribution in [-0.4, -0.2) is 5.91 Å². The molecule has 0 aliphatic carbocycles. The van der Waals surface area contributed by atoms with Crippen molar-refractivity contribution in [3.63, 3.8) is 0 Å². The summed E-state index contributed by atoms with van der Waals surface area (Å²) >= 11 is 6.23. The fourth-order valence-corrected chi connectivity index (χ4v) is 2.25. The second-order valence-corrected chi connectivity index (χ2v) is 6.01. The summed E-state index contributed by atoms with van der Waals surface area (Å²) in [6, 6.07) is 3.60. The van der Waals surface area contributed by atoms with Crippen LogP contribution in [0.5, 0.6) is 0 Å². The molecule has 0 radical (unpaired) electrons. The molecule has 1 amide bonds. The molecule has 3 N–H and O–H groups in total. The number of nitrogens with one attached hydrogen (secondary N) is 1. The molecule has 0 aromatic heterocycles. The molecule has 1 unspecified atom stereocenters. The second-order valence-electron chi connectivity index (χ2n) is 5.60. The first kappa shape index (κ1) is 12.4. The highest BCUT2D eigenvalue weighted by atomic mass is 35.5. The van der Waals surface area contributed by atoms with Gasteiger partial charge in [0.15, 0.2) is 0 Å². The minimum atomic E-state index is -0.143. The molecule has 17 heavy (non-hydrogen) atoms. The summed E-state index contributed by atoms with van der Waals surface area (Å²) in [6.07, 6.45) is 0.413. The van der Waals surface area contributed by atoms with Gasteiger partial charge in [-0.15, -0.1) is 0 Å². The predicted octanol–water partition coefficient (Wildman–Crippen LogP) is 2.88. The Bertz CT molecular complexity index is 477. The maximum atomic E-state index is 11.3. The lowest BCUT2D eigenvalue weighted by molar-refractivity contribution is -0.115. The lowest BCUT2D eigenvalue weighted by Gasteiger charge is -2.28. The zero-order valence-corrected chi connectivity index (χ0v) is 11.1. The number of nitrogens with two attached hydrogens (primary N) is 1. The van der Waals surface area contributed by atoms with E-state index >= 15 is 0 Å². The molecule has 1 heterocycles. The first-order chi connectivity index (χ1) is 7.79. The molecule has 0 spiro atoms. The quantitative estimate of drug-likeness (QED) is 0.808. The predicted molar refractivity (Wildman–Crippen MR) is 70.2 cm³/mol. The van der Waals surface area contributed by atoms with Gasteiger partial charge in [-0.1, -0.05) is 38.4 Å². The molecular weight excluding hydrogens is 236 g/mol. The van der Waals surface area contributed by atoms with Gasteiger partial charge in [0.05, 0.1) is 6.42 Å². The Labute approximate surface area is 106 Å². The van der Waals surface area contributed by atoms with Crippen molar-refractivity contribution in [1.82, 2.24) is 0 Å². The summed E-state index contributed by atoms with van der Waals surface area (Å²) in [4.78, 5) is 11.3. The molecule has 1 atom stereocenters. The van der Waals surface area contributed by atoms with Gasteiger partial charge in [-0.2, -0.15) is 0 Å². The minimum Gasteiger partial charge on any atom is -0.325 e. The molecule has 0 fully saturated rings. The van der Waals surface area contributed by atoms with Crippen LogP contribution in [0, 0.1) is 5.41 Å². The lowest BCUT2D eigenvalue weighted by Crippen LogP contribution is -2.26. The Hall–Kier alpha value is -1.06. The van der Waals surface area contributed by atoms with Gasteiger partial charge in [0, 0.05) is 16.8 Å². The first-order valence-corrected chi connectivity index (χ1v) is 6.04. The molecule has 1 aliphatic heterocycles. The third kappa shape index (κ3) is 2.31. The normalized spacial score (nSPS) is 16.6. The van der Waals surface area contributed by atoms with Crippen molar-refractivity contribution in [2.45, 2.75) is 33.2 Å². The van der Waals surface area contributed by atoms with Crippen LogP contribution >= 0.6 is 11.6 Å². The summed E-state index contributed by atoms with van der Waals surface area (Å²) in [6.45, 7) is 6.22. The standard InChI is InChI=1S/C13H17ClN2O/c1-13(2,3)12(15)8-4-7-5-11(17)16-10(7)6-9(8)14/h4,6,12H,5,15H2,1-3H3,(H,16,17). The summed E-state index contributed by atoms with van der Waals surface area (Å²) in [5, 5.41) is 3.40. The van der Waals surface area contributed by atoms with Crippen molar-refractivity contribution in [2.24, 2.45) is 11.1 Å². The molecule has 0 saturated heterocycles. The zero-order valence-electron chi connectivity index (χ0n) is 10.3. The van der Waals surface area contributed by atoms with Crippen molar-refractivity contribution < 1.29 is 4.79 Å². The zero-order chi connectivity index (χ0) is 12.8. The molecule has 0 bridgehead atoms. The van der Waals surface area contributed by atoms with Crippen LogP contribution in [0.4, 0.5) is 5.69 Å². The Kier molecular flexibility index (Phi) is 2.92. The molecule has 0 saturated carbocycles. The van der Waals surface area contributed by atoms with E-state index in [9.17, 15) is 4.79 Å². The van der Waals surface area contributed by atoms with Gasteiger partial charge in [-0.25, -0.2) is 0 Å². The topological polar surface area (TPSA) is 55.1 Å². The van der Waals surface area contributed by atoms with E-state index in [0.717, 1.165) is 16.8 Å². The number of halogens is 1. The molecule has 1 aliphatic rings. The van der Waals surface area contributed by atoms with Crippen LogP contribution in [0.15, 0.2) is 12.1 Å². The number of amides is 1. The van der Waals surface area contributed by atoms with E-state index < -0.39 is 0 Å². The van der Waals surface area contributed by atoms with Gasteiger partial charge in [-0.05, 0) is 22.6 Å². The van der Waals surface area contributed by atoms with Crippen molar-refractivity contribution in [2.75, 3.05) is 5.32 Å². The number of fused-ring (bicyclic) bond motifs is 1. The van der Waals surface area contributed by atoms with Gasteiger partial charge >= 0.3 is 0 Å². The van der Waals surface area contributed by atoms with Crippen molar-refractivity contribution >= 4 is 23.2 Å². The highest BCUT2D eigenvalue weighted by Gasteiger charge is 2.27. The Morgan fingerprint density at radius 3 is 2.65 bits per heavy atom. The van der Waals surface area contributed by atoms with Crippen LogP contribution in [0.3, 0.4) is 0 Å². The summed E-state index contributed by atoms with van der Waals surface area (Å²) in [5.74, 6) is 0.0116. The molecular formula is C13H17ClN2O. The number of rotatable bonds is 1. The van der Waals surface area contributed by atoms with Crippen LogP contribution in [0.25, 0.3) is 0 Å². The number of hydrogen-bond acceptors (Lipinski definition) is 2. The third-order valence-corrected chi connectivity index (χ3v) is 3.44. The van der Waals surface area contributed by atoms with Crippen molar-refractivity contribution in [1.29, 1.82) is 0 Å². The van der Waals surface area contributed by atoms with Crippen LogP contribution in [0.1, 0.15) is 37.9 Å². The molecule has 4 heteroatoms. The monoisotopic (exact) mass is 252 g/mol. The average molecular weight is 253 g/mol. The van der Waals surface area contributed by atoms with Crippen LogP contribution in [0.2, 0.25) is 5.02 Å². The third-order valence-electron chi connectivity index (χ3n) is 3.12. The number of hydrogen-bond donors (Lipinski definition) is 2. The number of carbonyl (C=O) groups is 1. The smallest absolute Gasteiger partial charge is 0.228 e. The largest absolute Gasteiger partial charge is 0.325 e. The maximum Gasteiger partial charge on any atom is 0.228 e. The molecule has 3 nitrogen and oxygen atoms in total.